The predicted molar refractivity (Wildman–Crippen MR) is 97.9 cm³/mol. The van der Waals surface area contributed by atoms with Crippen molar-refractivity contribution in [2.75, 3.05) is 0 Å². The van der Waals surface area contributed by atoms with Gasteiger partial charge in [-0.3, -0.25) is 0 Å². The van der Waals surface area contributed by atoms with Gasteiger partial charge in [0.2, 0.25) is 0 Å². The Balaban J connectivity index is 1.81. The number of halogens is 2. The lowest BCUT2D eigenvalue weighted by molar-refractivity contribution is 0.506. The van der Waals surface area contributed by atoms with Gasteiger partial charge in [0.05, 0.1) is 10.0 Å². The molecule has 23 heavy (non-hydrogen) atoms. The Kier molecular flexibility index (Phi) is 3.92. The zero-order chi connectivity index (χ0) is 15.8. The van der Waals surface area contributed by atoms with Crippen LogP contribution in [0.4, 0.5) is 0 Å². The minimum atomic E-state index is 0.326. The third-order valence-corrected chi connectivity index (χ3v) is 5.45. The van der Waals surface area contributed by atoms with E-state index in [0.717, 1.165) is 6.42 Å². The van der Waals surface area contributed by atoms with Crippen molar-refractivity contribution < 1.29 is 0 Å². The lowest BCUT2D eigenvalue weighted by atomic mass is 9.73. The van der Waals surface area contributed by atoms with Gasteiger partial charge in [0.1, 0.15) is 0 Å². The van der Waals surface area contributed by atoms with Gasteiger partial charge in [-0.1, -0.05) is 47.5 Å². The van der Waals surface area contributed by atoms with E-state index in [0.29, 0.717) is 21.9 Å². The fraction of sp³-hybridized carbons (Fsp3) is 0.200. The van der Waals surface area contributed by atoms with Crippen LogP contribution in [0.3, 0.4) is 0 Å². The SMILES string of the molecule is Clc1ccc(C2C=C(n3cccc3)C=C3C=CCCC32)cc1Cl. The van der Waals surface area contributed by atoms with Crippen LogP contribution in [0, 0.1) is 5.92 Å². The maximum absolute atomic E-state index is 6.26. The average molecular weight is 342 g/mol. The third kappa shape index (κ3) is 2.80. The molecule has 1 heterocycles. The van der Waals surface area contributed by atoms with Crippen LogP contribution in [0.1, 0.15) is 24.3 Å². The second-order valence-corrected chi connectivity index (χ2v) is 6.93. The number of hydrogen-bond donors (Lipinski definition) is 0. The van der Waals surface area contributed by atoms with Gasteiger partial charge in [-0.05, 0) is 60.2 Å². The van der Waals surface area contributed by atoms with Gasteiger partial charge >= 0.3 is 0 Å². The summed E-state index contributed by atoms with van der Waals surface area (Å²) in [5, 5.41) is 1.24. The zero-order valence-corrected chi connectivity index (χ0v) is 14.1. The lowest BCUT2D eigenvalue weighted by Crippen LogP contribution is -2.19. The number of nitrogens with zero attached hydrogens (tertiary/aromatic N) is 1. The number of hydrogen-bond acceptors (Lipinski definition) is 0. The number of allylic oxidation sites excluding steroid dienone is 6. The number of rotatable bonds is 2. The quantitative estimate of drug-likeness (QED) is 0.601. The van der Waals surface area contributed by atoms with Crippen LogP contribution in [0.15, 0.2) is 72.6 Å². The van der Waals surface area contributed by atoms with Crippen molar-refractivity contribution in [3.63, 3.8) is 0 Å². The van der Waals surface area contributed by atoms with Crippen molar-refractivity contribution in [2.45, 2.75) is 18.8 Å². The molecule has 0 N–H and O–H groups in total. The average Bonchev–Trinajstić information content (AvgIpc) is 3.11. The van der Waals surface area contributed by atoms with E-state index in [1.807, 2.05) is 12.1 Å². The molecule has 2 aliphatic rings. The molecule has 0 saturated carbocycles. The summed E-state index contributed by atoms with van der Waals surface area (Å²) in [7, 11) is 0. The summed E-state index contributed by atoms with van der Waals surface area (Å²) in [6.07, 6.45) is 15.7. The first-order valence-electron chi connectivity index (χ1n) is 7.90. The number of aromatic nitrogens is 1. The van der Waals surface area contributed by atoms with Crippen LogP contribution >= 0.6 is 23.2 Å². The van der Waals surface area contributed by atoms with E-state index in [1.165, 1.54) is 23.3 Å². The minimum absolute atomic E-state index is 0.326. The van der Waals surface area contributed by atoms with E-state index in [9.17, 15) is 0 Å². The smallest absolute Gasteiger partial charge is 0.0595 e. The van der Waals surface area contributed by atoms with Crippen LogP contribution in [0.25, 0.3) is 5.70 Å². The normalized spacial score (nSPS) is 23.2. The molecule has 2 aliphatic carbocycles. The highest BCUT2D eigenvalue weighted by Gasteiger charge is 2.29. The summed E-state index contributed by atoms with van der Waals surface area (Å²) < 4.78 is 2.16. The fourth-order valence-corrected chi connectivity index (χ4v) is 3.87. The van der Waals surface area contributed by atoms with Crippen molar-refractivity contribution in [2.24, 2.45) is 5.92 Å². The molecule has 0 bridgehead atoms. The molecule has 0 saturated heterocycles. The summed E-state index contributed by atoms with van der Waals surface area (Å²) in [5.41, 5.74) is 3.84. The van der Waals surface area contributed by atoms with E-state index in [1.54, 1.807) is 0 Å². The molecule has 0 aliphatic heterocycles. The Bertz CT molecular complexity index is 812. The van der Waals surface area contributed by atoms with Crippen LogP contribution in [-0.2, 0) is 0 Å². The summed E-state index contributed by atoms with van der Waals surface area (Å²) in [6, 6.07) is 10.1. The van der Waals surface area contributed by atoms with Gasteiger partial charge < -0.3 is 4.57 Å². The van der Waals surface area contributed by atoms with E-state index in [2.05, 4.69) is 59.5 Å². The van der Waals surface area contributed by atoms with Crippen LogP contribution in [-0.4, -0.2) is 4.57 Å². The summed E-state index contributed by atoms with van der Waals surface area (Å²) in [5.74, 6) is 0.837. The molecular weight excluding hydrogens is 325 g/mol. The first-order chi connectivity index (χ1) is 11.2. The molecule has 1 nitrogen and oxygen atoms in total. The van der Waals surface area contributed by atoms with E-state index in [-0.39, 0.29) is 0 Å². The van der Waals surface area contributed by atoms with Crippen molar-refractivity contribution in [1.82, 2.24) is 4.57 Å². The molecular formula is C20H17Cl2N. The van der Waals surface area contributed by atoms with Crippen LogP contribution in [0.2, 0.25) is 10.0 Å². The zero-order valence-electron chi connectivity index (χ0n) is 12.6. The van der Waals surface area contributed by atoms with Crippen LogP contribution in [0.5, 0.6) is 0 Å². The predicted octanol–water partition coefficient (Wildman–Crippen LogP) is 6.33. The van der Waals surface area contributed by atoms with Crippen molar-refractivity contribution in [3.05, 3.63) is 88.2 Å². The minimum Gasteiger partial charge on any atom is -0.324 e. The van der Waals surface area contributed by atoms with Crippen molar-refractivity contribution in [1.29, 1.82) is 0 Å². The summed E-state index contributed by atoms with van der Waals surface area (Å²) in [6.45, 7) is 0. The Morgan fingerprint density at radius 3 is 2.65 bits per heavy atom. The van der Waals surface area contributed by atoms with Crippen LogP contribution < -0.4 is 0 Å². The maximum Gasteiger partial charge on any atom is 0.0595 e. The van der Waals surface area contributed by atoms with E-state index < -0.39 is 0 Å². The molecule has 1 aromatic heterocycles. The summed E-state index contributed by atoms with van der Waals surface area (Å²) >= 11 is 12.4. The number of fused-ring (bicyclic) bond motifs is 1. The lowest BCUT2D eigenvalue weighted by Gasteiger charge is -2.33. The molecule has 0 radical (unpaired) electrons. The first kappa shape index (κ1) is 14.9. The Morgan fingerprint density at radius 1 is 1.04 bits per heavy atom. The van der Waals surface area contributed by atoms with Crippen molar-refractivity contribution in [3.8, 4) is 0 Å². The molecule has 2 aromatic rings. The van der Waals surface area contributed by atoms with E-state index in [4.69, 9.17) is 23.2 Å². The highest BCUT2D eigenvalue weighted by Crippen LogP contribution is 2.43. The molecule has 3 heteroatoms. The van der Waals surface area contributed by atoms with E-state index >= 15 is 0 Å². The molecule has 0 spiro atoms. The van der Waals surface area contributed by atoms with Gasteiger partial charge in [-0.25, -0.2) is 0 Å². The molecule has 2 unspecified atom stereocenters. The highest BCUT2D eigenvalue weighted by atomic mass is 35.5. The van der Waals surface area contributed by atoms with Gasteiger partial charge in [0, 0.05) is 24.0 Å². The molecule has 4 rings (SSSR count). The monoisotopic (exact) mass is 341 g/mol. The van der Waals surface area contributed by atoms with Gasteiger partial charge in [0.25, 0.3) is 0 Å². The van der Waals surface area contributed by atoms with Gasteiger partial charge in [-0.2, -0.15) is 0 Å². The first-order valence-corrected chi connectivity index (χ1v) is 8.66. The topological polar surface area (TPSA) is 4.93 Å². The molecule has 0 fully saturated rings. The maximum atomic E-state index is 6.26. The van der Waals surface area contributed by atoms with Crippen molar-refractivity contribution >= 4 is 28.9 Å². The standard InChI is InChI=1S/C20H17Cl2N/c21-19-8-7-15(12-20(19)22)18-13-16(23-9-3-4-10-23)11-14-5-1-2-6-17(14)18/h1,3-5,7-13,17-18H,2,6H2. The Hall–Kier alpha value is -1.70. The third-order valence-electron chi connectivity index (χ3n) is 4.71. The molecule has 1 aromatic carbocycles. The summed E-state index contributed by atoms with van der Waals surface area (Å²) in [4.78, 5) is 0. The fourth-order valence-electron chi connectivity index (χ4n) is 3.56. The second-order valence-electron chi connectivity index (χ2n) is 6.11. The highest BCUT2D eigenvalue weighted by molar-refractivity contribution is 6.42. The number of benzene rings is 1. The second kappa shape index (κ2) is 6.07. The molecule has 116 valence electrons. The Labute approximate surface area is 146 Å². The van der Waals surface area contributed by atoms with Gasteiger partial charge in [0.15, 0.2) is 0 Å². The largest absolute Gasteiger partial charge is 0.324 e. The molecule has 0 amide bonds. The Morgan fingerprint density at radius 2 is 1.87 bits per heavy atom. The van der Waals surface area contributed by atoms with Gasteiger partial charge in [-0.15, -0.1) is 0 Å². The molecule has 2 atom stereocenters.